The molecule has 0 unspecified atom stereocenters. The van der Waals surface area contributed by atoms with Crippen LogP contribution in [0.2, 0.25) is 5.15 Å². The second kappa shape index (κ2) is 5.17. The zero-order chi connectivity index (χ0) is 12.3. The van der Waals surface area contributed by atoms with E-state index in [0.717, 1.165) is 0 Å². The van der Waals surface area contributed by atoms with Crippen molar-refractivity contribution in [2.45, 2.75) is 13.5 Å². The molecule has 2 aromatic rings. The monoisotopic (exact) mass is 263 g/mol. The van der Waals surface area contributed by atoms with Crippen LogP contribution < -0.4 is 5.32 Å². The molecule has 0 bridgehead atoms. The van der Waals surface area contributed by atoms with E-state index in [9.17, 15) is 0 Å². The Kier molecular flexibility index (Phi) is 3.62. The topological polar surface area (TPSA) is 48.7 Å². The highest BCUT2D eigenvalue weighted by Gasteiger charge is 2.03. The molecule has 1 N–H and O–H groups in total. The molecule has 0 atom stereocenters. The van der Waals surface area contributed by atoms with E-state index in [-0.39, 0.29) is 0 Å². The summed E-state index contributed by atoms with van der Waals surface area (Å²) < 4.78 is 0. The lowest BCUT2D eigenvalue weighted by Gasteiger charge is -2.05. The number of halogens is 1. The molecule has 0 aliphatic rings. The van der Waals surface area contributed by atoms with Crippen LogP contribution in [0, 0.1) is 18.3 Å². The molecule has 2 rings (SSSR count). The average molecular weight is 264 g/mol. The molecule has 2 aromatic heterocycles. The van der Waals surface area contributed by atoms with Gasteiger partial charge < -0.3 is 5.32 Å². The number of nitrogens with zero attached hydrogens (tertiary/aromatic N) is 2. The number of thiophene rings is 1. The minimum absolute atomic E-state index is 0.328. The Morgan fingerprint density at radius 2 is 2.35 bits per heavy atom. The lowest BCUT2D eigenvalue weighted by atomic mass is 10.2. The number of aryl methyl sites for hydroxylation is 1. The van der Waals surface area contributed by atoms with E-state index in [2.05, 4.69) is 34.7 Å². The second-order valence-corrected chi connectivity index (χ2v) is 4.94. The number of aromatic nitrogens is 1. The summed E-state index contributed by atoms with van der Waals surface area (Å²) in [6.07, 6.45) is 0. The maximum atomic E-state index is 8.82. The van der Waals surface area contributed by atoms with E-state index in [1.54, 1.807) is 23.5 Å². The number of rotatable bonds is 3. The molecule has 0 aliphatic carbocycles. The Hall–Kier alpha value is -1.57. The zero-order valence-corrected chi connectivity index (χ0v) is 10.8. The Balaban J connectivity index is 2.12. The number of nitrogens with one attached hydrogen (secondary N) is 1. The predicted octanol–water partition coefficient (Wildman–Crippen LogP) is 3.59. The smallest absolute Gasteiger partial charge is 0.132 e. The summed E-state index contributed by atoms with van der Waals surface area (Å²) >= 11 is 7.52. The molecule has 5 heteroatoms. The number of anilines is 1. The van der Waals surface area contributed by atoms with E-state index in [1.165, 1.54) is 10.4 Å². The van der Waals surface area contributed by atoms with Crippen molar-refractivity contribution in [1.29, 1.82) is 5.26 Å². The maximum Gasteiger partial charge on any atom is 0.132 e. The van der Waals surface area contributed by atoms with Gasteiger partial charge in [-0.3, -0.25) is 0 Å². The van der Waals surface area contributed by atoms with Crippen molar-refractivity contribution in [2.24, 2.45) is 0 Å². The average Bonchev–Trinajstić information content (AvgIpc) is 2.71. The molecule has 86 valence electrons. The van der Waals surface area contributed by atoms with Crippen LogP contribution >= 0.6 is 22.9 Å². The maximum absolute atomic E-state index is 8.82. The number of pyridine rings is 1. The van der Waals surface area contributed by atoms with Crippen molar-refractivity contribution >= 4 is 28.8 Å². The number of hydrogen-bond donors (Lipinski definition) is 1. The summed E-state index contributed by atoms with van der Waals surface area (Å²) in [6.45, 7) is 2.77. The van der Waals surface area contributed by atoms with Gasteiger partial charge in [-0.25, -0.2) is 4.98 Å². The lowest BCUT2D eigenvalue weighted by Crippen LogP contribution is -2.01. The van der Waals surface area contributed by atoms with Crippen molar-refractivity contribution in [3.05, 3.63) is 44.7 Å². The summed E-state index contributed by atoms with van der Waals surface area (Å²) in [4.78, 5) is 5.37. The molecule has 3 nitrogen and oxygen atoms in total. The van der Waals surface area contributed by atoms with Gasteiger partial charge in [0.05, 0.1) is 18.2 Å². The minimum Gasteiger partial charge on any atom is -0.365 e. The van der Waals surface area contributed by atoms with Crippen molar-refractivity contribution in [2.75, 3.05) is 5.32 Å². The Labute approximate surface area is 109 Å². The molecule has 0 amide bonds. The van der Waals surface area contributed by atoms with Crippen molar-refractivity contribution in [3.8, 4) is 6.07 Å². The molecule has 0 saturated heterocycles. The highest BCUT2D eigenvalue weighted by Crippen LogP contribution is 2.18. The van der Waals surface area contributed by atoms with Gasteiger partial charge in [-0.2, -0.15) is 5.26 Å². The van der Waals surface area contributed by atoms with Gasteiger partial charge in [0.25, 0.3) is 0 Å². The largest absolute Gasteiger partial charge is 0.365 e. The molecule has 0 saturated carbocycles. The van der Waals surface area contributed by atoms with Gasteiger partial charge >= 0.3 is 0 Å². The first-order chi connectivity index (χ1) is 8.19. The fourth-order valence-corrected chi connectivity index (χ4v) is 2.46. The summed E-state index contributed by atoms with van der Waals surface area (Å²) in [5.74, 6) is 0.627. The fourth-order valence-electron chi connectivity index (χ4n) is 1.41. The minimum atomic E-state index is 0.328. The molecule has 0 fully saturated rings. The molecule has 17 heavy (non-hydrogen) atoms. The van der Waals surface area contributed by atoms with Gasteiger partial charge in [-0.15, -0.1) is 11.3 Å². The Morgan fingerprint density at radius 1 is 1.53 bits per heavy atom. The van der Waals surface area contributed by atoms with E-state index in [4.69, 9.17) is 16.9 Å². The van der Waals surface area contributed by atoms with Gasteiger partial charge in [-0.05, 0) is 36.1 Å². The quantitative estimate of drug-likeness (QED) is 0.861. The molecule has 2 heterocycles. The standard InChI is InChI=1S/C12H10ClN3S/c1-8-2-3-17-10(8)7-15-12-5-9(6-14)4-11(13)16-12/h2-5H,7H2,1H3,(H,15,16). The van der Waals surface area contributed by atoms with Crippen molar-refractivity contribution in [1.82, 2.24) is 4.98 Å². The van der Waals surface area contributed by atoms with Crippen LogP contribution in [0.25, 0.3) is 0 Å². The third-order valence-electron chi connectivity index (χ3n) is 2.32. The summed E-state index contributed by atoms with van der Waals surface area (Å²) in [5, 5.41) is 14.4. The van der Waals surface area contributed by atoms with E-state index in [1.807, 2.05) is 0 Å². The van der Waals surface area contributed by atoms with Crippen LogP contribution in [0.15, 0.2) is 23.6 Å². The third-order valence-corrected chi connectivity index (χ3v) is 3.54. The summed E-state index contributed by atoms with van der Waals surface area (Å²) in [7, 11) is 0. The first kappa shape index (κ1) is 11.9. The van der Waals surface area contributed by atoms with Gasteiger partial charge in [0.1, 0.15) is 11.0 Å². The van der Waals surface area contributed by atoms with E-state index < -0.39 is 0 Å². The molecular formula is C12H10ClN3S. The fraction of sp³-hybridized carbons (Fsp3) is 0.167. The molecule has 0 aromatic carbocycles. The van der Waals surface area contributed by atoms with Gasteiger partial charge in [0.2, 0.25) is 0 Å². The van der Waals surface area contributed by atoms with E-state index in [0.29, 0.717) is 23.1 Å². The van der Waals surface area contributed by atoms with Crippen molar-refractivity contribution < 1.29 is 0 Å². The van der Waals surface area contributed by atoms with Crippen molar-refractivity contribution in [3.63, 3.8) is 0 Å². The first-order valence-electron chi connectivity index (χ1n) is 5.03. The highest BCUT2D eigenvalue weighted by atomic mass is 35.5. The van der Waals surface area contributed by atoms with Crippen LogP contribution in [-0.4, -0.2) is 4.98 Å². The Bertz CT molecular complexity index is 571. The van der Waals surface area contributed by atoms with Gasteiger partial charge in [-0.1, -0.05) is 11.6 Å². The SMILES string of the molecule is Cc1ccsc1CNc1cc(C#N)cc(Cl)n1. The lowest BCUT2D eigenvalue weighted by molar-refractivity contribution is 1.12. The van der Waals surface area contributed by atoms with Gasteiger partial charge in [0, 0.05) is 4.88 Å². The molecule has 0 aliphatic heterocycles. The van der Waals surface area contributed by atoms with E-state index >= 15 is 0 Å². The van der Waals surface area contributed by atoms with Gasteiger partial charge in [0.15, 0.2) is 0 Å². The first-order valence-corrected chi connectivity index (χ1v) is 6.29. The van der Waals surface area contributed by atoms with Crippen LogP contribution in [-0.2, 0) is 6.54 Å². The number of hydrogen-bond acceptors (Lipinski definition) is 4. The van der Waals surface area contributed by atoms with Crippen LogP contribution in [0.5, 0.6) is 0 Å². The molecule has 0 spiro atoms. The second-order valence-electron chi connectivity index (χ2n) is 3.56. The third kappa shape index (κ3) is 2.96. The summed E-state index contributed by atoms with van der Waals surface area (Å²) in [6, 6.07) is 7.36. The van der Waals surface area contributed by atoms with Crippen LogP contribution in [0.1, 0.15) is 16.0 Å². The van der Waals surface area contributed by atoms with Crippen LogP contribution in [0.3, 0.4) is 0 Å². The zero-order valence-electron chi connectivity index (χ0n) is 9.20. The predicted molar refractivity (Wildman–Crippen MR) is 70.3 cm³/mol. The Morgan fingerprint density at radius 3 is 3.00 bits per heavy atom. The summed E-state index contributed by atoms with van der Waals surface area (Å²) in [5.41, 5.74) is 1.76. The highest BCUT2D eigenvalue weighted by molar-refractivity contribution is 7.10. The molecule has 0 radical (unpaired) electrons. The van der Waals surface area contributed by atoms with Crippen LogP contribution in [0.4, 0.5) is 5.82 Å². The molecular weight excluding hydrogens is 254 g/mol. The number of nitriles is 1. The normalized spacial score (nSPS) is 9.94.